The quantitative estimate of drug-likeness (QED) is 0.847. The molecule has 5 nitrogen and oxygen atoms in total. The monoisotopic (exact) mass is 326 g/mol. The highest BCUT2D eigenvalue weighted by Gasteiger charge is 2.13. The number of amides is 1. The topological polar surface area (TPSA) is 71.5 Å². The number of ether oxygens (including phenoxy) is 1. The first-order valence-corrected chi connectivity index (χ1v) is 6.61. The first-order chi connectivity index (χ1) is 11.0. The number of aromatic nitrogens is 1. The molecule has 1 heterocycles. The third kappa shape index (κ3) is 4.68. The summed E-state index contributed by atoms with van der Waals surface area (Å²) in [5.74, 6) is -3.54. The fourth-order valence-corrected chi connectivity index (χ4v) is 1.68. The lowest BCUT2D eigenvalue weighted by atomic mass is 10.2. The molecule has 2 aromatic rings. The molecule has 2 rings (SSSR count). The Kier molecular flexibility index (Phi) is 5.53. The SMILES string of the molecule is O=C(NCC(O)COc1ccc(F)c(F)c1)c1ccncc1F. The normalized spacial score (nSPS) is 11.8. The third-order valence-electron chi connectivity index (χ3n) is 2.85. The maximum Gasteiger partial charge on any atom is 0.254 e. The van der Waals surface area contributed by atoms with E-state index in [0.29, 0.717) is 0 Å². The van der Waals surface area contributed by atoms with Gasteiger partial charge >= 0.3 is 0 Å². The summed E-state index contributed by atoms with van der Waals surface area (Å²) in [4.78, 5) is 15.2. The van der Waals surface area contributed by atoms with Crippen molar-refractivity contribution in [2.75, 3.05) is 13.2 Å². The Hall–Kier alpha value is -2.61. The lowest BCUT2D eigenvalue weighted by Crippen LogP contribution is -2.35. The van der Waals surface area contributed by atoms with E-state index in [0.717, 1.165) is 18.3 Å². The molecule has 0 radical (unpaired) electrons. The van der Waals surface area contributed by atoms with Gasteiger partial charge in [-0.15, -0.1) is 0 Å². The van der Waals surface area contributed by atoms with Gasteiger partial charge in [0.25, 0.3) is 5.91 Å². The van der Waals surface area contributed by atoms with Gasteiger partial charge in [-0.3, -0.25) is 9.78 Å². The molecule has 0 spiro atoms. The molecule has 1 aromatic carbocycles. The zero-order valence-electron chi connectivity index (χ0n) is 11.8. The molecular weight excluding hydrogens is 313 g/mol. The van der Waals surface area contributed by atoms with Gasteiger partial charge in [-0.1, -0.05) is 0 Å². The molecule has 1 unspecified atom stereocenters. The van der Waals surface area contributed by atoms with Gasteiger partial charge in [0.15, 0.2) is 17.5 Å². The standard InChI is InChI=1S/C15H13F3N2O3/c16-12-2-1-10(5-13(12)17)23-8-9(21)6-20-15(22)11-3-4-19-7-14(11)18/h1-5,7,9,21H,6,8H2,(H,20,22). The van der Waals surface area contributed by atoms with E-state index < -0.39 is 29.5 Å². The van der Waals surface area contributed by atoms with Gasteiger partial charge in [-0.25, -0.2) is 13.2 Å². The average Bonchev–Trinajstić information content (AvgIpc) is 2.54. The summed E-state index contributed by atoms with van der Waals surface area (Å²) in [6.07, 6.45) is 1.05. The van der Waals surface area contributed by atoms with Crippen LogP contribution in [0.5, 0.6) is 5.75 Å². The Labute approximate surface area is 129 Å². The van der Waals surface area contributed by atoms with Crippen LogP contribution in [0.3, 0.4) is 0 Å². The molecule has 1 aromatic heterocycles. The molecule has 0 bridgehead atoms. The number of aliphatic hydroxyl groups is 1. The summed E-state index contributed by atoms with van der Waals surface area (Å²) in [5, 5.41) is 12.0. The predicted molar refractivity (Wildman–Crippen MR) is 74.4 cm³/mol. The average molecular weight is 326 g/mol. The Morgan fingerprint density at radius 2 is 2.00 bits per heavy atom. The number of rotatable bonds is 6. The Morgan fingerprint density at radius 1 is 1.22 bits per heavy atom. The van der Waals surface area contributed by atoms with E-state index in [1.54, 1.807) is 0 Å². The van der Waals surface area contributed by atoms with E-state index in [4.69, 9.17) is 4.74 Å². The number of benzene rings is 1. The highest BCUT2D eigenvalue weighted by molar-refractivity contribution is 5.94. The lowest BCUT2D eigenvalue weighted by Gasteiger charge is -2.13. The molecule has 1 atom stereocenters. The van der Waals surface area contributed by atoms with E-state index >= 15 is 0 Å². The maximum absolute atomic E-state index is 13.3. The van der Waals surface area contributed by atoms with Gasteiger partial charge in [0, 0.05) is 18.8 Å². The van der Waals surface area contributed by atoms with Crippen molar-refractivity contribution in [3.63, 3.8) is 0 Å². The van der Waals surface area contributed by atoms with Crippen molar-refractivity contribution in [3.05, 3.63) is 59.7 Å². The summed E-state index contributed by atoms with van der Waals surface area (Å²) in [6, 6.07) is 4.14. The maximum atomic E-state index is 13.3. The van der Waals surface area contributed by atoms with Crippen molar-refractivity contribution in [2.45, 2.75) is 6.10 Å². The van der Waals surface area contributed by atoms with E-state index in [9.17, 15) is 23.1 Å². The highest BCUT2D eigenvalue weighted by atomic mass is 19.2. The van der Waals surface area contributed by atoms with Gasteiger partial charge in [0.1, 0.15) is 18.5 Å². The van der Waals surface area contributed by atoms with Crippen LogP contribution in [0.1, 0.15) is 10.4 Å². The second-order valence-corrected chi connectivity index (χ2v) is 4.61. The van der Waals surface area contributed by atoms with Crippen LogP contribution in [0.25, 0.3) is 0 Å². The summed E-state index contributed by atoms with van der Waals surface area (Å²) in [7, 11) is 0. The number of halogens is 3. The predicted octanol–water partition coefficient (Wildman–Crippen LogP) is 1.67. The first-order valence-electron chi connectivity index (χ1n) is 6.61. The van der Waals surface area contributed by atoms with E-state index in [2.05, 4.69) is 10.3 Å². The number of nitrogens with one attached hydrogen (secondary N) is 1. The van der Waals surface area contributed by atoms with Crippen LogP contribution in [0.4, 0.5) is 13.2 Å². The van der Waals surface area contributed by atoms with E-state index in [1.165, 1.54) is 18.3 Å². The number of hydrogen-bond acceptors (Lipinski definition) is 4. The molecule has 0 aliphatic heterocycles. The summed E-state index contributed by atoms with van der Waals surface area (Å²) in [5.41, 5.74) is -0.200. The van der Waals surface area contributed by atoms with Crippen molar-refractivity contribution < 1.29 is 27.8 Å². The lowest BCUT2D eigenvalue weighted by molar-refractivity contribution is 0.0840. The number of aliphatic hydroxyl groups excluding tert-OH is 1. The van der Waals surface area contributed by atoms with Crippen molar-refractivity contribution in [1.29, 1.82) is 0 Å². The Bertz CT molecular complexity index is 697. The number of carbonyl (C=O) groups excluding carboxylic acids is 1. The Morgan fingerprint density at radius 3 is 2.70 bits per heavy atom. The molecule has 122 valence electrons. The molecule has 0 fully saturated rings. The van der Waals surface area contributed by atoms with Crippen LogP contribution in [0.2, 0.25) is 0 Å². The van der Waals surface area contributed by atoms with Gasteiger partial charge < -0.3 is 15.2 Å². The number of pyridine rings is 1. The van der Waals surface area contributed by atoms with Crippen LogP contribution in [-0.2, 0) is 0 Å². The summed E-state index contributed by atoms with van der Waals surface area (Å²) in [6.45, 7) is -0.464. The molecular formula is C15H13F3N2O3. The minimum atomic E-state index is -1.11. The number of hydrogen-bond donors (Lipinski definition) is 2. The van der Waals surface area contributed by atoms with Crippen molar-refractivity contribution in [2.24, 2.45) is 0 Å². The van der Waals surface area contributed by atoms with Crippen LogP contribution in [0.15, 0.2) is 36.7 Å². The number of carbonyl (C=O) groups is 1. The van der Waals surface area contributed by atoms with Gasteiger partial charge in [0.05, 0.1) is 11.8 Å². The second kappa shape index (κ2) is 7.59. The molecule has 0 saturated heterocycles. The van der Waals surface area contributed by atoms with E-state index in [1.807, 2.05) is 0 Å². The first kappa shape index (κ1) is 16.8. The molecule has 0 aliphatic rings. The van der Waals surface area contributed by atoms with Crippen LogP contribution in [-0.4, -0.2) is 35.3 Å². The van der Waals surface area contributed by atoms with Crippen LogP contribution in [0, 0.1) is 17.5 Å². The van der Waals surface area contributed by atoms with Gasteiger partial charge in [-0.05, 0) is 18.2 Å². The Balaban J connectivity index is 1.81. The van der Waals surface area contributed by atoms with Crippen LogP contribution < -0.4 is 10.1 Å². The van der Waals surface area contributed by atoms with Crippen molar-refractivity contribution in [3.8, 4) is 5.75 Å². The fraction of sp³-hybridized carbons (Fsp3) is 0.200. The number of nitrogens with zero attached hydrogens (tertiary/aromatic N) is 1. The zero-order chi connectivity index (χ0) is 16.8. The van der Waals surface area contributed by atoms with Gasteiger partial charge in [0.2, 0.25) is 0 Å². The molecule has 8 heteroatoms. The van der Waals surface area contributed by atoms with E-state index in [-0.39, 0.29) is 24.5 Å². The van der Waals surface area contributed by atoms with Crippen LogP contribution >= 0.6 is 0 Å². The summed E-state index contributed by atoms with van der Waals surface area (Å²) >= 11 is 0. The summed E-state index contributed by atoms with van der Waals surface area (Å²) < 4.78 is 44.1. The second-order valence-electron chi connectivity index (χ2n) is 4.61. The van der Waals surface area contributed by atoms with Gasteiger partial charge in [-0.2, -0.15) is 0 Å². The third-order valence-corrected chi connectivity index (χ3v) is 2.85. The molecule has 0 saturated carbocycles. The molecule has 0 aliphatic carbocycles. The fourth-order valence-electron chi connectivity index (χ4n) is 1.68. The highest BCUT2D eigenvalue weighted by Crippen LogP contribution is 2.15. The minimum Gasteiger partial charge on any atom is -0.491 e. The molecule has 1 amide bonds. The zero-order valence-corrected chi connectivity index (χ0v) is 11.8. The largest absolute Gasteiger partial charge is 0.491 e. The minimum absolute atomic E-state index is 0.0365. The molecule has 2 N–H and O–H groups in total. The smallest absolute Gasteiger partial charge is 0.254 e. The van der Waals surface area contributed by atoms with Crippen molar-refractivity contribution >= 4 is 5.91 Å². The van der Waals surface area contributed by atoms with Crippen molar-refractivity contribution in [1.82, 2.24) is 10.3 Å². The molecule has 23 heavy (non-hydrogen) atoms.